The van der Waals surface area contributed by atoms with Crippen LogP contribution in [-0.4, -0.2) is 29.6 Å². The molecule has 21 heavy (non-hydrogen) atoms. The summed E-state index contributed by atoms with van der Waals surface area (Å²) in [5, 5.41) is 4.59. The molecule has 0 saturated carbocycles. The van der Waals surface area contributed by atoms with Crippen LogP contribution in [0, 0.1) is 5.41 Å². The fraction of sp³-hybridized carbons (Fsp3) is 0.667. The Balaban J connectivity index is 2.21. The van der Waals surface area contributed by atoms with Crippen LogP contribution in [0.1, 0.15) is 46.6 Å². The van der Waals surface area contributed by atoms with E-state index in [9.17, 15) is 0 Å². The molecule has 1 N–H and O–H groups in total. The van der Waals surface area contributed by atoms with Gasteiger partial charge < -0.3 is 5.32 Å². The first-order valence-corrected chi connectivity index (χ1v) is 8.35. The largest absolute Gasteiger partial charge is 0.309 e. The number of nitrogens with one attached hydrogen (secondary N) is 1. The Kier molecular flexibility index (Phi) is 5.02. The quantitative estimate of drug-likeness (QED) is 0.894. The van der Waals surface area contributed by atoms with Gasteiger partial charge in [0.2, 0.25) is 0 Å². The highest BCUT2D eigenvalue weighted by Gasteiger charge is 2.39. The van der Waals surface area contributed by atoms with E-state index in [0.29, 0.717) is 6.04 Å². The van der Waals surface area contributed by atoms with Crippen molar-refractivity contribution < 1.29 is 0 Å². The molecule has 0 amide bonds. The fourth-order valence-corrected chi connectivity index (χ4v) is 3.43. The van der Waals surface area contributed by atoms with Crippen molar-refractivity contribution in [2.24, 2.45) is 5.41 Å². The van der Waals surface area contributed by atoms with Gasteiger partial charge in [0.1, 0.15) is 0 Å². The van der Waals surface area contributed by atoms with Gasteiger partial charge >= 0.3 is 0 Å². The smallest absolute Gasteiger partial charge is 0.0409 e. The molecule has 0 bridgehead atoms. The molecule has 1 heterocycles. The second-order valence-electron chi connectivity index (χ2n) is 7.71. The third-order valence-corrected chi connectivity index (χ3v) is 5.00. The summed E-state index contributed by atoms with van der Waals surface area (Å²) in [6.07, 6.45) is 1.15. The molecule has 0 radical (unpaired) electrons. The molecule has 1 saturated heterocycles. The Bertz CT molecular complexity index is 480. The van der Waals surface area contributed by atoms with Gasteiger partial charge in [-0.2, -0.15) is 0 Å². The van der Waals surface area contributed by atoms with Crippen LogP contribution in [0.5, 0.6) is 0 Å². The van der Waals surface area contributed by atoms with E-state index in [2.05, 4.69) is 57.0 Å². The summed E-state index contributed by atoms with van der Waals surface area (Å²) < 4.78 is 0. The number of halogens is 1. The van der Waals surface area contributed by atoms with E-state index in [1.54, 1.807) is 0 Å². The summed E-state index contributed by atoms with van der Waals surface area (Å²) in [6.45, 7) is 14.7. The van der Waals surface area contributed by atoms with Gasteiger partial charge in [-0.1, -0.05) is 51.4 Å². The summed E-state index contributed by atoms with van der Waals surface area (Å²) in [7, 11) is 0. The number of nitrogens with zero attached hydrogens (tertiary/aromatic N) is 1. The zero-order valence-corrected chi connectivity index (χ0v) is 14.8. The molecule has 3 heteroatoms. The van der Waals surface area contributed by atoms with E-state index in [0.717, 1.165) is 31.1 Å². The Labute approximate surface area is 134 Å². The van der Waals surface area contributed by atoms with Crippen molar-refractivity contribution in [2.75, 3.05) is 13.1 Å². The van der Waals surface area contributed by atoms with Gasteiger partial charge in [-0.25, -0.2) is 0 Å². The van der Waals surface area contributed by atoms with E-state index in [-0.39, 0.29) is 11.0 Å². The monoisotopic (exact) mass is 308 g/mol. The molecule has 2 nitrogen and oxygen atoms in total. The Morgan fingerprint density at radius 2 is 2.10 bits per heavy atom. The maximum atomic E-state index is 6.14. The predicted octanol–water partition coefficient (Wildman–Crippen LogP) is 4.33. The second kappa shape index (κ2) is 6.28. The lowest BCUT2D eigenvalue weighted by Gasteiger charge is -2.50. The fourth-order valence-electron chi connectivity index (χ4n) is 3.21. The SMILES string of the molecule is CCC1(C)CN(Cc2cccc(Cl)c2)C(C(C)(C)C)CN1. The maximum absolute atomic E-state index is 6.14. The normalized spacial score (nSPS) is 27.8. The molecule has 1 aliphatic rings. The van der Waals surface area contributed by atoms with Crippen LogP contribution in [0.4, 0.5) is 0 Å². The highest BCUT2D eigenvalue weighted by atomic mass is 35.5. The van der Waals surface area contributed by atoms with E-state index in [1.165, 1.54) is 5.56 Å². The highest BCUT2D eigenvalue weighted by molar-refractivity contribution is 6.30. The van der Waals surface area contributed by atoms with Gasteiger partial charge in [0, 0.05) is 36.2 Å². The number of hydrogen-bond acceptors (Lipinski definition) is 2. The zero-order valence-electron chi connectivity index (χ0n) is 14.0. The van der Waals surface area contributed by atoms with Gasteiger partial charge in [-0.3, -0.25) is 4.90 Å². The van der Waals surface area contributed by atoms with E-state index >= 15 is 0 Å². The summed E-state index contributed by atoms with van der Waals surface area (Å²) in [6, 6.07) is 8.80. The van der Waals surface area contributed by atoms with Crippen LogP contribution >= 0.6 is 11.6 Å². The molecular formula is C18H29ClN2. The molecule has 1 aliphatic heterocycles. The van der Waals surface area contributed by atoms with Crippen molar-refractivity contribution in [3.05, 3.63) is 34.9 Å². The first kappa shape index (κ1) is 16.8. The molecule has 0 aliphatic carbocycles. The second-order valence-corrected chi connectivity index (χ2v) is 8.15. The minimum Gasteiger partial charge on any atom is -0.309 e. The third kappa shape index (κ3) is 4.21. The Hall–Kier alpha value is -0.570. The van der Waals surface area contributed by atoms with Crippen LogP contribution in [0.15, 0.2) is 24.3 Å². The van der Waals surface area contributed by atoms with Crippen molar-refractivity contribution in [2.45, 2.75) is 59.2 Å². The van der Waals surface area contributed by atoms with Crippen molar-refractivity contribution in [1.82, 2.24) is 10.2 Å². The molecule has 1 aromatic carbocycles. The van der Waals surface area contributed by atoms with Gasteiger partial charge in [0.05, 0.1) is 0 Å². The number of hydrogen-bond donors (Lipinski definition) is 1. The van der Waals surface area contributed by atoms with Crippen molar-refractivity contribution in [3.8, 4) is 0 Å². The molecule has 1 aromatic rings. The molecule has 1 fully saturated rings. The average Bonchev–Trinajstić information content (AvgIpc) is 2.37. The lowest BCUT2D eigenvalue weighted by atomic mass is 9.81. The summed E-state index contributed by atoms with van der Waals surface area (Å²) in [5.41, 5.74) is 1.78. The lowest BCUT2D eigenvalue weighted by molar-refractivity contribution is 0.0204. The molecule has 2 rings (SSSR count). The molecular weight excluding hydrogens is 280 g/mol. The van der Waals surface area contributed by atoms with E-state index in [1.807, 2.05) is 12.1 Å². The van der Waals surface area contributed by atoms with Crippen molar-refractivity contribution in [3.63, 3.8) is 0 Å². The number of rotatable bonds is 3. The lowest BCUT2D eigenvalue weighted by Crippen LogP contribution is -2.65. The molecule has 2 unspecified atom stereocenters. The van der Waals surface area contributed by atoms with Crippen LogP contribution < -0.4 is 5.32 Å². The van der Waals surface area contributed by atoms with Gasteiger partial charge in [0.15, 0.2) is 0 Å². The summed E-state index contributed by atoms with van der Waals surface area (Å²) >= 11 is 6.14. The average molecular weight is 309 g/mol. The topological polar surface area (TPSA) is 15.3 Å². The molecule has 2 atom stereocenters. The predicted molar refractivity (Wildman–Crippen MR) is 91.8 cm³/mol. The first-order chi connectivity index (χ1) is 9.73. The van der Waals surface area contributed by atoms with Crippen molar-refractivity contribution in [1.29, 1.82) is 0 Å². The van der Waals surface area contributed by atoms with Crippen LogP contribution in [0.25, 0.3) is 0 Å². The zero-order chi connectivity index (χ0) is 15.7. The van der Waals surface area contributed by atoms with Crippen LogP contribution in [0.2, 0.25) is 5.02 Å². The molecule has 0 spiro atoms. The van der Waals surface area contributed by atoms with Crippen LogP contribution in [0.3, 0.4) is 0 Å². The number of benzene rings is 1. The number of piperazine rings is 1. The van der Waals surface area contributed by atoms with E-state index < -0.39 is 0 Å². The van der Waals surface area contributed by atoms with Crippen molar-refractivity contribution >= 4 is 11.6 Å². The molecule has 118 valence electrons. The van der Waals surface area contributed by atoms with Gasteiger partial charge in [-0.05, 0) is 36.5 Å². The van der Waals surface area contributed by atoms with E-state index in [4.69, 9.17) is 11.6 Å². The first-order valence-electron chi connectivity index (χ1n) is 7.97. The molecule has 0 aromatic heterocycles. The third-order valence-electron chi connectivity index (χ3n) is 4.77. The van der Waals surface area contributed by atoms with Gasteiger partial charge in [0.25, 0.3) is 0 Å². The van der Waals surface area contributed by atoms with Gasteiger partial charge in [-0.15, -0.1) is 0 Å². The standard InChI is InChI=1S/C18H29ClN2/c1-6-18(5)13-21(16(11-20-18)17(2,3)4)12-14-8-7-9-15(19)10-14/h7-10,16,20H,6,11-13H2,1-5H3. The van der Waals surface area contributed by atoms with Crippen LogP contribution in [-0.2, 0) is 6.54 Å². The maximum Gasteiger partial charge on any atom is 0.0409 e. The minimum absolute atomic E-state index is 0.209. The summed E-state index contributed by atoms with van der Waals surface area (Å²) in [5.74, 6) is 0. The minimum atomic E-state index is 0.209. The highest BCUT2D eigenvalue weighted by Crippen LogP contribution is 2.31. The Morgan fingerprint density at radius 3 is 2.67 bits per heavy atom. The Morgan fingerprint density at radius 1 is 1.38 bits per heavy atom. The summed E-state index contributed by atoms with van der Waals surface area (Å²) in [4.78, 5) is 2.63.